The van der Waals surface area contributed by atoms with E-state index in [1.165, 1.54) is 0 Å². The van der Waals surface area contributed by atoms with E-state index in [9.17, 15) is 0 Å². The molecule has 0 saturated carbocycles. The maximum Gasteiger partial charge on any atom is 0.231 e. The summed E-state index contributed by atoms with van der Waals surface area (Å²) in [5, 5.41) is 8.49. The van der Waals surface area contributed by atoms with Crippen LogP contribution in [0.4, 0.5) is 23.0 Å². The molecule has 5 N–H and O–H groups in total. The first-order valence-electron chi connectivity index (χ1n) is 7.30. The highest BCUT2D eigenvalue weighted by molar-refractivity contribution is 5.83. The highest BCUT2D eigenvalue weighted by Crippen LogP contribution is 2.24. The Morgan fingerprint density at radius 3 is 2.33 bits per heavy atom. The van der Waals surface area contributed by atoms with Crippen molar-refractivity contribution in [2.75, 3.05) is 19.0 Å². The van der Waals surface area contributed by atoms with Gasteiger partial charge in [-0.2, -0.15) is 15.2 Å². The Balaban J connectivity index is 1.82. The van der Waals surface area contributed by atoms with Crippen LogP contribution in [0.2, 0.25) is 0 Å². The number of aromatic amines is 1. The molecule has 0 aliphatic rings. The van der Waals surface area contributed by atoms with Gasteiger partial charge in [-0.05, 0) is 42.5 Å². The van der Waals surface area contributed by atoms with Crippen LogP contribution in [0.3, 0.4) is 0 Å². The summed E-state index contributed by atoms with van der Waals surface area (Å²) in [6.45, 7) is 0. The lowest BCUT2D eigenvalue weighted by Crippen LogP contribution is -2.22. The highest BCUT2D eigenvalue weighted by atomic mass is 15.1. The van der Waals surface area contributed by atoms with E-state index in [1.807, 2.05) is 61.5 Å². The van der Waals surface area contributed by atoms with Crippen LogP contribution in [0.1, 0.15) is 0 Å². The summed E-state index contributed by atoms with van der Waals surface area (Å²) in [5.74, 6) is 0.313. The predicted molar refractivity (Wildman–Crippen MR) is 96.5 cm³/mol. The second kappa shape index (κ2) is 6.37. The molecule has 2 aromatic carbocycles. The minimum atomic E-state index is -0.0462. The topological polar surface area (TPSA) is 121 Å². The first-order valence-corrected chi connectivity index (χ1v) is 7.30. The van der Waals surface area contributed by atoms with Crippen molar-refractivity contribution in [2.45, 2.75) is 0 Å². The third-order valence-corrected chi connectivity index (χ3v) is 3.34. The van der Waals surface area contributed by atoms with Gasteiger partial charge >= 0.3 is 0 Å². The number of hydrogen-bond donors (Lipinski definition) is 3. The van der Waals surface area contributed by atoms with Crippen LogP contribution < -0.4 is 16.4 Å². The number of hydrogen-bond acceptors (Lipinski definition) is 5. The molecule has 0 radical (unpaired) electrons. The van der Waals surface area contributed by atoms with Crippen molar-refractivity contribution < 1.29 is 0 Å². The summed E-state index contributed by atoms with van der Waals surface area (Å²) < 4.78 is 0. The predicted octanol–water partition coefficient (Wildman–Crippen LogP) is 2.95. The number of aromatic nitrogens is 2. The number of azo groups is 1. The van der Waals surface area contributed by atoms with Crippen LogP contribution in [0.25, 0.3) is 11.0 Å². The summed E-state index contributed by atoms with van der Waals surface area (Å²) in [6.07, 6.45) is 0. The van der Waals surface area contributed by atoms with Crippen LogP contribution >= 0.6 is 0 Å². The number of fused-ring (bicyclic) bond motifs is 1. The Hall–Kier alpha value is -3.42. The van der Waals surface area contributed by atoms with Gasteiger partial charge in [0.05, 0.1) is 22.4 Å². The van der Waals surface area contributed by atoms with Crippen molar-refractivity contribution in [2.24, 2.45) is 26.7 Å². The first kappa shape index (κ1) is 15.5. The van der Waals surface area contributed by atoms with Gasteiger partial charge < -0.3 is 21.4 Å². The molecule has 0 spiro atoms. The molecule has 3 rings (SSSR count). The lowest BCUT2D eigenvalue weighted by Gasteiger charge is -2.11. The largest absolute Gasteiger partial charge is 0.378 e. The number of nitrogens with two attached hydrogens (primary N) is 2. The lowest BCUT2D eigenvalue weighted by atomic mass is 10.3. The fourth-order valence-corrected chi connectivity index (χ4v) is 2.15. The van der Waals surface area contributed by atoms with Gasteiger partial charge in [-0.1, -0.05) is 0 Å². The number of nitrogens with zero attached hydrogens (tertiary/aromatic N) is 5. The average Bonchev–Trinajstić information content (AvgIpc) is 2.93. The highest BCUT2D eigenvalue weighted by Gasteiger charge is 2.03. The summed E-state index contributed by atoms with van der Waals surface area (Å²) in [5.41, 5.74) is 14.8. The minimum Gasteiger partial charge on any atom is -0.378 e. The van der Waals surface area contributed by atoms with E-state index in [4.69, 9.17) is 11.5 Å². The number of benzene rings is 2. The van der Waals surface area contributed by atoms with Crippen molar-refractivity contribution in [1.29, 1.82) is 0 Å². The number of imidazole rings is 1. The maximum absolute atomic E-state index is 5.35. The Kier molecular flexibility index (Phi) is 4.11. The average molecular weight is 322 g/mol. The smallest absolute Gasteiger partial charge is 0.231 e. The van der Waals surface area contributed by atoms with Crippen LogP contribution in [-0.4, -0.2) is 30.0 Å². The van der Waals surface area contributed by atoms with E-state index >= 15 is 0 Å². The van der Waals surface area contributed by atoms with Crippen molar-refractivity contribution in [1.82, 2.24) is 9.97 Å². The zero-order valence-electron chi connectivity index (χ0n) is 13.4. The number of guanidine groups is 1. The van der Waals surface area contributed by atoms with Gasteiger partial charge in [0.2, 0.25) is 5.95 Å². The molecule has 8 heteroatoms. The quantitative estimate of drug-likeness (QED) is 0.388. The second-order valence-corrected chi connectivity index (χ2v) is 5.41. The van der Waals surface area contributed by atoms with Crippen LogP contribution in [0.5, 0.6) is 0 Å². The molecule has 1 heterocycles. The fourth-order valence-electron chi connectivity index (χ4n) is 2.15. The van der Waals surface area contributed by atoms with E-state index in [0.29, 0.717) is 11.6 Å². The number of H-pyrrole nitrogens is 1. The second-order valence-electron chi connectivity index (χ2n) is 5.41. The van der Waals surface area contributed by atoms with Crippen molar-refractivity contribution in [3.05, 3.63) is 42.5 Å². The van der Waals surface area contributed by atoms with E-state index in [-0.39, 0.29) is 5.96 Å². The molecule has 0 bridgehead atoms. The van der Waals surface area contributed by atoms with Gasteiger partial charge in [0, 0.05) is 19.8 Å². The third-order valence-electron chi connectivity index (χ3n) is 3.34. The number of nitrogens with one attached hydrogen (secondary N) is 1. The summed E-state index contributed by atoms with van der Waals surface area (Å²) in [7, 11) is 3.99. The zero-order chi connectivity index (χ0) is 17.1. The number of rotatable bonds is 4. The van der Waals surface area contributed by atoms with Gasteiger partial charge in [0.1, 0.15) is 0 Å². The van der Waals surface area contributed by atoms with Gasteiger partial charge in [0.25, 0.3) is 0 Å². The minimum absolute atomic E-state index is 0.0462. The molecule has 0 aliphatic carbocycles. The molecule has 122 valence electrons. The fraction of sp³-hybridized carbons (Fsp3) is 0.125. The molecule has 0 amide bonds. The number of anilines is 1. The van der Waals surface area contributed by atoms with Gasteiger partial charge in [-0.3, -0.25) is 0 Å². The third kappa shape index (κ3) is 3.49. The molecule has 0 saturated heterocycles. The Morgan fingerprint density at radius 2 is 1.67 bits per heavy atom. The molecule has 0 unspecified atom stereocenters. The SMILES string of the molecule is CN(C)c1ccc(N=Nc2ccc3nc(N=C(N)N)[nH]c3c2)cc1. The molecule has 8 nitrogen and oxygen atoms in total. The molecule has 0 aliphatic heterocycles. The van der Waals surface area contributed by atoms with Gasteiger partial charge in [0.15, 0.2) is 5.96 Å². The molecule has 24 heavy (non-hydrogen) atoms. The number of aliphatic imine (C=N–C) groups is 1. The molecular formula is C16H18N8. The normalized spacial score (nSPS) is 11.1. The molecular weight excluding hydrogens is 304 g/mol. The van der Waals surface area contributed by atoms with Crippen LogP contribution in [0.15, 0.2) is 57.7 Å². The van der Waals surface area contributed by atoms with Crippen LogP contribution in [0, 0.1) is 0 Å². The summed E-state index contributed by atoms with van der Waals surface area (Å²) >= 11 is 0. The van der Waals surface area contributed by atoms with E-state index in [1.54, 1.807) is 0 Å². The van der Waals surface area contributed by atoms with Crippen molar-refractivity contribution in [3.8, 4) is 0 Å². The Labute approximate surface area is 138 Å². The Morgan fingerprint density at radius 1 is 1.00 bits per heavy atom. The van der Waals surface area contributed by atoms with Gasteiger partial charge in [-0.15, -0.1) is 0 Å². The van der Waals surface area contributed by atoms with E-state index in [0.717, 1.165) is 22.4 Å². The zero-order valence-corrected chi connectivity index (χ0v) is 13.4. The van der Waals surface area contributed by atoms with Crippen molar-refractivity contribution in [3.63, 3.8) is 0 Å². The van der Waals surface area contributed by atoms with Crippen LogP contribution in [-0.2, 0) is 0 Å². The molecule has 0 atom stereocenters. The standard InChI is InChI=1S/C16H18N8/c1-24(2)12-6-3-10(4-7-12)22-23-11-5-8-13-14(9-11)20-16(19-13)21-15(17)18/h3-9H,1-2H3,(H5,17,18,19,20,21). The maximum atomic E-state index is 5.35. The molecule has 3 aromatic rings. The molecule has 0 fully saturated rings. The summed E-state index contributed by atoms with van der Waals surface area (Å²) in [6, 6.07) is 13.3. The van der Waals surface area contributed by atoms with E-state index in [2.05, 4.69) is 25.2 Å². The Bertz CT molecular complexity index is 901. The lowest BCUT2D eigenvalue weighted by molar-refractivity contribution is 1.13. The van der Waals surface area contributed by atoms with E-state index < -0.39 is 0 Å². The monoisotopic (exact) mass is 322 g/mol. The van der Waals surface area contributed by atoms with Gasteiger partial charge in [-0.25, -0.2) is 4.98 Å². The molecule has 1 aromatic heterocycles. The van der Waals surface area contributed by atoms with Crippen molar-refractivity contribution >= 4 is 40.0 Å². The first-order chi connectivity index (χ1) is 11.5. The summed E-state index contributed by atoms with van der Waals surface area (Å²) in [4.78, 5) is 13.2.